The third-order valence-corrected chi connectivity index (χ3v) is 7.95. The van der Waals surface area contributed by atoms with Crippen molar-refractivity contribution in [3.05, 3.63) is 118 Å². The molecule has 0 spiro atoms. The van der Waals surface area contributed by atoms with Crippen molar-refractivity contribution in [2.45, 2.75) is 51.6 Å². The van der Waals surface area contributed by atoms with Crippen LogP contribution in [0, 0.1) is 0 Å². The number of ether oxygens (including phenoxy) is 2. The van der Waals surface area contributed by atoms with E-state index >= 15 is 0 Å². The fourth-order valence-corrected chi connectivity index (χ4v) is 5.64. The number of anilines is 2. The zero-order valence-electron chi connectivity index (χ0n) is 24.4. The normalized spacial score (nSPS) is 13.8. The number of nitrogen functional groups attached to an aromatic ring is 1. The minimum Gasteiger partial charge on any atom is -0.497 e. The molecule has 0 unspecified atom stereocenters. The number of Topliss-reactive ketones (excluding diaryl/α,β-unsaturated/α-hetero) is 2. The van der Waals surface area contributed by atoms with Crippen LogP contribution in [0.3, 0.4) is 0 Å². The largest absolute Gasteiger partial charge is 0.497 e. The van der Waals surface area contributed by atoms with Gasteiger partial charge in [0, 0.05) is 48.4 Å². The Morgan fingerprint density at radius 1 is 0.619 bits per heavy atom. The van der Waals surface area contributed by atoms with Crippen molar-refractivity contribution in [2.75, 3.05) is 24.9 Å². The minimum atomic E-state index is 0.260. The van der Waals surface area contributed by atoms with Crippen LogP contribution >= 0.6 is 0 Å². The van der Waals surface area contributed by atoms with Crippen LogP contribution in [-0.4, -0.2) is 25.8 Å². The van der Waals surface area contributed by atoms with Gasteiger partial charge in [0.2, 0.25) is 0 Å². The van der Waals surface area contributed by atoms with E-state index in [2.05, 4.69) is 41.3 Å². The molecule has 2 N–H and O–H groups in total. The zero-order chi connectivity index (χ0) is 29.5. The maximum atomic E-state index is 12.2. The van der Waals surface area contributed by atoms with Crippen LogP contribution in [0.4, 0.5) is 11.4 Å². The Kier molecular flexibility index (Phi) is 9.22. The number of aryl methyl sites for hydroxylation is 2. The molecule has 0 amide bonds. The van der Waals surface area contributed by atoms with Gasteiger partial charge in [-0.15, -0.1) is 0 Å². The summed E-state index contributed by atoms with van der Waals surface area (Å²) in [4.78, 5) is 25.9. The van der Waals surface area contributed by atoms with Crippen LogP contribution in [0.5, 0.6) is 11.5 Å². The van der Waals surface area contributed by atoms with Crippen molar-refractivity contribution in [3.63, 3.8) is 0 Å². The molecule has 0 saturated carbocycles. The molecule has 2 aliphatic rings. The molecule has 4 aromatic rings. The highest BCUT2D eigenvalue weighted by Gasteiger charge is 2.19. The predicted octanol–water partition coefficient (Wildman–Crippen LogP) is 7.22. The lowest BCUT2D eigenvalue weighted by atomic mass is 9.90. The first kappa shape index (κ1) is 28.9. The van der Waals surface area contributed by atoms with E-state index in [0.717, 1.165) is 78.3 Å². The van der Waals surface area contributed by atoms with E-state index in [1.807, 2.05) is 42.5 Å². The quantitative estimate of drug-likeness (QED) is 0.240. The van der Waals surface area contributed by atoms with Gasteiger partial charge < -0.3 is 20.1 Å². The molecule has 2 aliphatic carbocycles. The Bertz CT molecular complexity index is 1490. The van der Waals surface area contributed by atoms with Crippen molar-refractivity contribution in [2.24, 2.45) is 0 Å². The second-order valence-corrected chi connectivity index (χ2v) is 10.9. The van der Waals surface area contributed by atoms with Crippen LogP contribution < -0.4 is 20.1 Å². The third-order valence-electron chi connectivity index (χ3n) is 7.95. The zero-order valence-corrected chi connectivity index (χ0v) is 24.4. The molecular formula is C36H38N2O4. The summed E-state index contributed by atoms with van der Waals surface area (Å²) in [6.45, 7) is 1.53. The maximum absolute atomic E-state index is 12.2. The van der Waals surface area contributed by atoms with Gasteiger partial charge in [0.15, 0.2) is 11.6 Å². The van der Waals surface area contributed by atoms with E-state index in [1.54, 1.807) is 20.3 Å². The van der Waals surface area contributed by atoms with Crippen molar-refractivity contribution in [1.29, 1.82) is 0 Å². The molecule has 6 heteroatoms. The highest BCUT2D eigenvalue weighted by Crippen LogP contribution is 2.29. The second-order valence-electron chi connectivity index (χ2n) is 10.9. The van der Waals surface area contributed by atoms with E-state index in [-0.39, 0.29) is 11.6 Å². The Hall–Kier alpha value is -4.58. The summed E-state index contributed by atoms with van der Waals surface area (Å²) < 4.78 is 10.6. The van der Waals surface area contributed by atoms with Crippen molar-refractivity contribution >= 4 is 22.9 Å². The number of carbonyl (C=O) groups excluding carboxylic acids is 2. The average molecular weight is 563 g/mol. The van der Waals surface area contributed by atoms with E-state index in [0.29, 0.717) is 12.8 Å². The lowest BCUT2D eigenvalue weighted by molar-refractivity contribution is 0.0964. The third kappa shape index (κ3) is 7.00. The first-order valence-corrected chi connectivity index (χ1v) is 14.5. The Balaban J connectivity index is 0.000000244. The number of nitrogens with zero attached hydrogens (tertiary/aromatic N) is 1. The summed E-state index contributed by atoms with van der Waals surface area (Å²) in [6, 6.07) is 28.2. The van der Waals surface area contributed by atoms with Gasteiger partial charge in [0.05, 0.1) is 14.2 Å². The Morgan fingerprint density at radius 2 is 1.10 bits per heavy atom. The molecule has 0 fully saturated rings. The molecule has 0 aromatic heterocycles. The molecule has 0 bridgehead atoms. The topological polar surface area (TPSA) is 81.9 Å². The standard InChI is InChI=1S/C26H27NO3.C10H11NO/c1-29-23-11-6-19(7-12-23)17-27(18-20-8-13-24(30-2)14-9-20)22-10-15-25-21(16-22)4-3-5-26(25)28;11-8-4-5-9-7(6-8)2-1-3-10(9)12/h6-16H,3-5,17-18H2,1-2H3;4-6H,1-3,11H2. The number of hydrogen-bond donors (Lipinski definition) is 1. The number of rotatable bonds is 7. The molecule has 0 radical (unpaired) electrons. The number of nitrogens with two attached hydrogens (primary N) is 1. The number of hydrogen-bond acceptors (Lipinski definition) is 6. The molecule has 6 rings (SSSR count). The molecule has 4 aromatic carbocycles. The van der Waals surface area contributed by atoms with E-state index in [9.17, 15) is 9.59 Å². The van der Waals surface area contributed by atoms with Crippen LogP contribution in [-0.2, 0) is 25.9 Å². The second kappa shape index (κ2) is 13.4. The Labute approximate surface area is 248 Å². The van der Waals surface area contributed by atoms with Gasteiger partial charge in [-0.25, -0.2) is 0 Å². The van der Waals surface area contributed by atoms with E-state index < -0.39 is 0 Å². The molecule has 216 valence electrons. The Morgan fingerprint density at radius 3 is 1.60 bits per heavy atom. The molecule has 0 atom stereocenters. The molecule has 42 heavy (non-hydrogen) atoms. The lowest BCUT2D eigenvalue weighted by Gasteiger charge is -2.27. The van der Waals surface area contributed by atoms with Crippen molar-refractivity contribution in [3.8, 4) is 11.5 Å². The highest BCUT2D eigenvalue weighted by molar-refractivity contribution is 5.99. The fraction of sp³-hybridized carbons (Fsp3) is 0.278. The van der Waals surface area contributed by atoms with Crippen LogP contribution in [0.1, 0.15) is 68.7 Å². The molecule has 0 heterocycles. The summed E-state index contributed by atoms with van der Waals surface area (Å²) in [6.07, 6.45) is 5.21. The molecule has 6 nitrogen and oxygen atoms in total. The van der Waals surface area contributed by atoms with E-state index in [4.69, 9.17) is 15.2 Å². The van der Waals surface area contributed by atoms with Gasteiger partial charge in [0.1, 0.15) is 11.5 Å². The average Bonchev–Trinajstić information content (AvgIpc) is 3.02. The highest BCUT2D eigenvalue weighted by atomic mass is 16.5. The summed E-state index contributed by atoms with van der Waals surface area (Å²) >= 11 is 0. The number of benzene rings is 4. The van der Waals surface area contributed by atoms with Crippen LogP contribution in [0.25, 0.3) is 0 Å². The fourth-order valence-electron chi connectivity index (χ4n) is 5.64. The summed E-state index contributed by atoms with van der Waals surface area (Å²) in [5, 5.41) is 0. The van der Waals surface area contributed by atoms with Gasteiger partial charge in [0.25, 0.3) is 0 Å². The molecule has 0 aliphatic heterocycles. The first-order valence-electron chi connectivity index (χ1n) is 14.5. The minimum absolute atomic E-state index is 0.260. The van der Waals surface area contributed by atoms with Gasteiger partial charge in [-0.1, -0.05) is 24.3 Å². The summed E-state index contributed by atoms with van der Waals surface area (Å²) in [5.74, 6) is 2.23. The molecule has 0 saturated heterocycles. The number of ketones is 2. The maximum Gasteiger partial charge on any atom is 0.163 e. The van der Waals surface area contributed by atoms with E-state index in [1.165, 1.54) is 16.7 Å². The number of carbonyl (C=O) groups is 2. The lowest BCUT2D eigenvalue weighted by Crippen LogP contribution is -2.23. The smallest absolute Gasteiger partial charge is 0.163 e. The SMILES string of the molecule is COc1ccc(CN(Cc2ccc(OC)cc2)c2ccc3c(c2)CCCC3=O)cc1.Nc1ccc2c(c1)CCCC2=O. The van der Waals surface area contributed by atoms with Crippen molar-refractivity contribution < 1.29 is 19.1 Å². The number of methoxy groups -OCH3 is 2. The van der Waals surface area contributed by atoms with Crippen LogP contribution in [0.2, 0.25) is 0 Å². The monoisotopic (exact) mass is 562 g/mol. The van der Waals surface area contributed by atoms with Gasteiger partial charge in [-0.3, -0.25) is 9.59 Å². The van der Waals surface area contributed by atoms with Gasteiger partial charge in [-0.2, -0.15) is 0 Å². The van der Waals surface area contributed by atoms with Gasteiger partial charge >= 0.3 is 0 Å². The summed E-state index contributed by atoms with van der Waals surface area (Å²) in [5.41, 5.74) is 14.0. The predicted molar refractivity (Wildman–Crippen MR) is 168 cm³/mol. The number of fused-ring (bicyclic) bond motifs is 2. The summed E-state index contributed by atoms with van der Waals surface area (Å²) in [7, 11) is 3.36. The van der Waals surface area contributed by atoms with Crippen LogP contribution in [0.15, 0.2) is 84.9 Å². The van der Waals surface area contributed by atoms with Crippen molar-refractivity contribution in [1.82, 2.24) is 0 Å². The molecular weight excluding hydrogens is 524 g/mol. The first-order chi connectivity index (χ1) is 20.4. The van der Waals surface area contributed by atoms with Gasteiger partial charge in [-0.05, 0) is 109 Å².